The van der Waals surface area contributed by atoms with Crippen molar-refractivity contribution in [1.82, 2.24) is 0 Å². The molecule has 0 aromatic rings. The van der Waals surface area contributed by atoms with Gasteiger partial charge >= 0.3 is 5.97 Å². The Morgan fingerprint density at radius 1 is 1.40 bits per heavy atom. The van der Waals surface area contributed by atoms with E-state index in [1.807, 2.05) is 0 Å². The molecule has 3 nitrogen and oxygen atoms in total. The van der Waals surface area contributed by atoms with Crippen molar-refractivity contribution >= 4 is 5.97 Å². The van der Waals surface area contributed by atoms with Gasteiger partial charge in [-0.3, -0.25) is 0 Å². The third kappa shape index (κ3) is 4.98. The van der Waals surface area contributed by atoms with Crippen LogP contribution in [0.3, 0.4) is 0 Å². The van der Waals surface area contributed by atoms with E-state index in [0.29, 0.717) is 18.1 Å². The standard InChI is InChI=1S/C12H20O3/c1-10(12(13)14)7-8-15-9-11-5-3-2-4-6-11/h7,11H,2-6,8-9H2,1H3,(H,13,14). The number of hydrogen-bond donors (Lipinski definition) is 1. The zero-order valence-corrected chi connectivity index (χ0v) is 9.37. The fourth-order valence-electron chi connectivity index (χ4n) is 1.86. The van der Waals surface area contributed by atoms with Crippen LogP contribution in [0.15, 0.2) is 11.6 Å². The average Bonchev–Trinajstić information content (AvgIpc) is 2.25. The van der Waals surface area contributed by atoms with Gasteiger partial charge in [-0.2, -0.15) is 0 Å². The van der Waals surface area contributed by atoms with Crippen LogP contribution in [0.4, 0.5) is 0 Å². The van der Waals surface area contributed by atoms with Crippen molar-refractivity contribution in [3.8, 4) is 0 Å². The van der Waals surface area contributed by atoms with E-state index >= 15 is 0 Å². The first kappa shape index (κ1) is 12.2. The van der Waals surface area contributed by atoms with Gasteiger partial charge in [0.2, 0.25) is 0 Å². The van der Waals surface area contributed by atoms with Gasteiger partial charge in [0.1, 0.15) is 0 Å². The van der Waals surface area contributed by atoms with Crippen LogP contribution in [0.5, 0.6) is 0 Å². The van der Waals surface area contributed by atoms with Crippen molar-refractivity contribution in [2.24, 2.45) is 5.92 Å². The number of ether oxygens (including phenoxy) is 1. The van der Waals surface area contributed by atoms with Crippen molar-refractivity contribution in [3.05, 3.63) is 11.6 Å². The number of carbonyl (C=O) groups is 1. The Morgan fingerprint density at radius 2 is 2.07 bits per heavy atom. The Bertz CT molecular complexity index is 227. The van der Waals surface area contributed by atoms with Crippen LogP contribution >= 0.6 is 0 Å². The lowest BCUT2D eigenvalue weighted by atomic mass is 9.90. The topological polar surface area (TPSA) is 46.5 Å². The van der Waals surface area contributed by atoms with Gasteiger partial charge in [0.05, 0.1) is 6.61 Å². The van der Waals surface area contributed by atoms with Crippen molar-refractivity contribution in [1.29, 1.82) is 0 Å². The molecule has 1 fully saturated rings. The summed E-state index contributed by atoms with van der Waals surface area (Å²) in [6.07, 6.45) is 8.15. The third-order valence-corrected chi connectivity index (χ3v) is 2.92. The summed E-state index contributed by atoms with van der Waals surface area (Å²) in [6.45, 7) is 2.80. The van der Waals surface area contributed by atoms with Gasteiger partial charge in [0.15, 0.2) is 0 Å². The molecule has 15 heavy (non-hydrogen) atoms. The minimum atomic E-state index is -0.865. The van der Waals surface area contributed by atoms with Crippen molar-refractivity contribution in [2.45, 2.75) is 39.0 Å². The molecular formula is C12H20O3. The summed E-state index contributed by atoms with van der Waals surface area (Å²) in [6, 6.07) is 0. The van der Waals surface area contributed by atoms with Crippen molar-refractivity contribution in [3.63, 3.8) is 0 Å². The molecule has 0 heterocycles. The van der Waals surface area contributed by atoms with Gasteiger partial charge in [-0.1, -0.05) is 19.3 Å². The van der Waals surface area contributed by atoms with Crippen molar-refractivity contribution < 1.29 is 14.6 Å². The molecule has 0 amide bonds. The smallest absolute Gasteiger partial charge is 0.331 e. The van der Waals surface area contributed by atoms with Gasteiger partial charge < -0.3 is 9.84 Å². The summed E-state index contributed by atoms with van der Waals surface area (Å²) in [7, 11) is 0. The molecule has 1 N–H and O–H groups in total. The third-order valence-electron chi connectivity index (χ3n) is 2.92. The summed E-state index contributed by atoms with van der Waals surface area (Å²) < 4.78 is 5.45. The number of hydrogen-bond acceptors (Lipinski definition) is 2. The number of carboxylic acids is 1. The van der Waals surface area contributed by atoms with E-state index in [2.05, 4.69) is 0 Å². The summed E-state index contributed by atoms with van der Waals surface area (Å²) in [5.74, 6) is -0.173. The molecule has 0 aromatic carbocycles. The summed E-state index contributed by atoms with van der Waals surface area (Å²) in [4.78, 5) is 10.5. The molecule has 0 saturated heterocycles. The van der Waals surface area contributed by atoms with Crippen LogP contribution < -0.4 is 0 Å². The molecule has 3 heteroatoms. The Hall–Kier alpha value is -0.830. The van der Waals surface area contributed by atoms with Crippen LogP contribution in [0, 0.1) is 5.92 Å². The van der Waals surface area contributed by atoms with Crippen LogP contribution in [0.2, 0.25) is 0 Å². The van der Waals surface area contributed by atoms with E-state index in [9.17, 15) is 4.79 Å². The first-order chi connectivity index (χ1) is 7.20. The van der Waals surface area contributed by atoms with Crippen LogP contribution in [-0.4, -0.2) is 24.3 Å². The molecule has 0 spiro atoms. The minimum absolute atomic E-state index is 0.360. The second-order valence-corrected chi connectivity index (χ2v) is 4.23. The molecule has 0 atom stereocenters. The van der Waals surface area contributed by atoms with E-state index in [1.54, 1.807) is 13.0 Å². The SMILES string of the molecule is CC(=CCOCC1CCCCC1)C(=O)O. The molecule has 86 valence electrons. The molecule has 0 bridgehead atoms. The Balaban J connectivity index is 2.10. The molecule has 0 radical (unpaired) electrons. The molecular weight excluding hydrogens is 192 g/mol. The maximum absolute atomic E-state index is 10.5. The number of aliphatic carboxylic acids is 1. The summed E-state index contributed by atoms with van der Waals surface area (Å²) in [5, 5.41) is 8.61. The lowest BCUT2D eigenvalue weighted by Crippen LogP contribution is -2.13. The highest BCUT2D eigenvalue weighted by molar-refractivity contribution is 5.85. The quantitative estimate of drug-likeness (QED) is 0.563. The molecule has 1 saturated carbocycles. The van der Waals surface area contributed by atoms with E-state index < -0.39 is 5.97 Å². The lowest BCUT2D eigenvalue weighted by Gasteiger charge is -2.20. The fourth-order valence-corrected chi connectivity index (χ4v) is 1.86. The first-order valence-electron chi connectivity index (χ1n) is 5.68. The first-order valence-corrected chi connectivity index (χ1v) is 5.68. The highest BCUT2D eigenvalue weighted by Gasteiger charge is 2.12. The monoisotopic (exact) mass is 212 g/mol. The van der Waals surface area contributed by atoms with Crippen LogP contribution in [0.1, 0.15) is 39.0 Å². The van der Waals surface area contributed by atoms with E-state index in [0.717, 1.165) is 6.61 Å². The van der Waals surface area contributed by atoms with Crippen molar-refractivity contribution in [2.75, 3.05) is 13.2 Å². The zero-order chi connectivity index (χ0) is 11.1. The number of carboxylic acid groups (broad SMARTS) is 1. The predicted octanol–water partition coefficient (Wildman–Crippen LogP) is 2.61. The largest absolute Gasteiger partial charge is 0.478 e. The maximum Gasteiger partial charge on any atom is 0.331 e. The molecule has 0 unspecified atom stereocenters. The van der Waals surface area contributed by atoms with Gasteiger partial charge in [-0.25, -0.2) is 4.79 Å². The second-order valence-electron chi connectivity index (χ2n) is 4.23. The maximum atomic E-state index is 10.5. The Labute approximate surface area is 91.1 Å². The van der Waals surface area contributed by atoms with Gasteiger partial charge in [0.25, 0.3) is 0 Å². The Kier molecular flexibility index (Phi) is 5.40. The lowest BCUT2D eigenvalue weighted by molar-refractivity contribution is -0.132. The van der Waals surface area contributed by atoms with E-state index in [-0.39, 0.29) is 0 Å². The number of rotatable bonds is 5. The minimum Gasteiger partial charge on any atom is -0.478 e. The fraction of sp³-hybridized carbons (Fsp3) is 0.750. The molecule has 0 aliphatic heterocycles. The molecule has 0 aromatic heterocycles. The van der Waals surface area contributed by atoms with E-state index in [1.165, 1.54) is 32.1 Å². The second kappa shape index (κ2) is 6.62. The molecule has 1 aliphatic carbocycles. The Morgan fingerprint density at radius 3 is 2.67 bits per heavy atom. The highest BCUT2D eigenvalue weighted by atomic mass is 16.5. The van der Waals surface area contributed by atoms with Crippen LogP contribution in [-0.2, 0) is 9.53 Å². The average molecular weight is 212 g/mol. The zero-order valence-electron chi connectivity index (χ0n) is 9.37. The molecule has 1 aliphatic rings. The van der Waals surface area contributed by atoms with Crippen LogP contribution in [0.25, 0.3) is 0 Å². The van der Waals surface area contributed by atoms with Gasteiger partial charge in [-0.15, -0.1) is 0 Å². The summed E-state index contributed by atoms with van der Waals surface area (Å²) in [5.41, 5.74) is 0.360. The van der Waals surface area contributed by atoms with Gasteiger partial charge in [0, 0.05) is 12.2 Å². The molecule has 1 rings (SSSR count). The highest BCUT2D eigenvalue weighted by Crippen LogP contribution is 2.23. The summed E-state index contributed by atoms with van der Waals surface area (Å²) >= 11 is 0. The van der Waals surface area contributed by atoms with E-state index in [4.69, 9.17) is 9.84 Å². The predicted molar refractivity (Wildman–Crippen MR) is 58.8 cm³/mol. The van der Waals surface area contributed by atoms with Gasteiger partial charge in [-0.05, 0) is 31.8 Å². The normalized spacial score (nSPS) is 19.1.